The van der Waals surface area contributed by atoms with E-state index in [4.69, 9.17) is 0 Å². The van der Waals surface area contributed by atoms with Gasteiger partial charge in [0.2, 0.25) is 0 Å². The molecule has 8 heteroatoms. The zero-order valence-electron chi connectivity index (χ0n) is 21.7. The number of aryl methyl sites for hydroxylation is 1. The van der Waals surface area contributed by atoms with Crippen LogP contribution in [-0.2, 0) is 10.2 Å². The molecular formula is C28H34N4O3S. The number of rotatable bonds is 6. The van der Waals surface area contributed by atoms with E-state index >= 15 is 0 Å². The number of carbonyl (C=O) groups is 2. The molecule has 1 fully saturated rings. The van der Waals surface area contributed by atoms with Gasteiger partial charge in [-0.15, -0.1) is 11.3 Å². The van der Waals surface area contributed by atoms with Crippen molar-refractivity contribution in [2.75, 3.05) is 0 Å². The van der Waals surface area contributed by atoms with Crippen molar-refractivity contribution in [2.24, 2.45) is 5.92 Å². The van der Waals surface area contributed by atoms with Gasteiger partial charge in [-0.3, -0.25) is 4.79 Å². The van der Waals surface area contributed by atoms with Gasteiger partial charge in [0.05, 0.1) is 17.4 Å². The third-order valence-electron chi connectivity index (χ3n) is 6.94. The van der Waals surface area contributed by atoms with Crippen LogP contribution in [0.1, 0.15) is 91.7 Å². The number of amides is 1. The van der Waals surface area contributed by atoms with E-state index in [1.165, 1.54) is 11.3 Å². The third-order valence-corrected chi connectivity index (χ3v) is 7.79. The highest BCUT2D eigenvalue weighted by atomic mass is 32.1. The van der Waals surface area contributed by atoms with Gasteiger partial charge in [-0.2, -0.15) is 10.2 Å². The largest absolute Gasteiger partial charge is 0.479 e. The molecule has 0 unspecified atom stereocenters. The van der Waals surface area contributed by atoms with E-state index in [2.05, 4.69) is 36.0 Å². The number of nitrogens with zero attached hydrogens (tertiary/aromatic N) is 4. The molecule has 4 rings (SSSR count). The van der Waals surface area contributed by atoms with Crippen molar-refractivity contribution in [2.45, 2.75) is 77.3 Å². The maximum Gasteiger partial charge on any atom is 0.329 e. The summed E-state index contributed by atoms with van der Waals surface area (Å²) in [6.45, 7) is 12.2. The Morgan fingerprint density at radius 2 is 1.83 bits per heavy atom. The lowest BCUT2D eigenvalue weighted by molar-refractivity contribution is -0.150. The molecule has 1 aliphatic rings. The molecule has 190 valence electrons. The minimum absolute atomic E-state index is 0.0551. The molecule has 1 aliphatic heterocycles. The number of aromatic nitrogens is 3. The smallest absolute Gasteiger partial charge is 0.329 e. The fraction of sp³-hybridized carbons (Fsp3) is 0.464. The van der Waals surface area contributed by atoms with Gasteiger partial charge in [0, 0.05) is 23.1 Å². The second-order valence-electron chi connectivity index (χ2n) is 11.2. The molecule has 0 radical (unpaired) electrons. The van der Waals surface area contributed by atoms with E-state index < -0.39 is 17.6 Å². The maximum atomic E-state index is 14.2. The van der Waals surface area contributed by atoms with Crippen molar-refractivity contribution in [1.82, 2.24) is 20.1 Å². The van der Waals surface area contributed by atoms with E-state index in [1.807, 2.05) is 62.5 Å². The molecule has 3 atom stereocenters. The van der Waals surface area contributed by atoms with Crippen molar-refractivity contribution >= 4 is 23.2 Å². The van der Waals surface area contributed by atoms with E-state index in [9.17, 15) is 14.7 Å². The number of aliphatic carboxylic acids is 1. The van der Waals surface area contributed by atoms with Gasteiger partial charge in [-0.1, -0.05) is 46.8 Å². The standard InChI is InChI=1S/C28H34N4O3S/c1-17(2)15-28(26(34)35)16-21(22-12-7-18(3)30-31-22)23(24-29-13-14-36-24)32(28)25(33)19-8-10-20(11-9-19)27(4,5)6/h7-14,17,21,23H,15-16H2,1-6H3,(H,34,35)/t21-,23-,28+/m1/s1. The summed E-state index contributed by atoms with van der Waals surface area (Å²) in [7, 11) is 0. The van der Waals surface area contributed by atoms with E-state index in [1.54, 1.807) is 11.1 Å². The molecular weight excluding hydrogens is 472 g/mol. The Balaban J connectivity index is 1.89. The Labute approximate surface area is 216 Å². The van der Waals surface area contributed by atoms with Crippen LogP contribution in [0.4, 0.5) is 0 Å². The van der Waals surface area contributed by atoms with Gasteiger partial charge in [0.15, 0.2) is 0 Å². The molecule has 36 heavy (non-hydrogen) atoms. The van der Waals surface area contributed by atoms with E-state index in [-0.39, 0.29) is 29.6 Å². The van der Waals surface area contributed by atoms with Crippen LogP contribution in [0.3, 0.4) is 0 Å². The summed E-state index contributed by atoms with van der Waals surface area (Å²) in [4.78, 5) is 33.5. The zero-order valence-corrected chi connectivity index (χ0v) is 22.5. The van der Waals surface area contributed by atoms with Crippen molar-refractivity contribution in [3.8, 4) is 0 Å². The van der Waals surface area contributed by atoms with Gasteiger partial charge < -0.3 is 10.0 Å². The highest BCUT2D eigenvalue weighted by Crippen LogP contribution is 2.54. The van der Waals surface area contributed by atoms with Crippen LogP contribution in [0.25, 0.3) is 0 Å². The SMILES string of the molecule is Cc1ccc([C@H]2C[C@@](CC(C)C)(C(=O)O)N(C(=O)c3ccc(C(C)(C)C)cc3)[C@H]2c2nccs2)nn1. The number of carbonyl (C=O) groups excluding carboxylic acids is 1. The number of carboxylic acid groups (broad SMARTS) is 1. The summed E-state index contributed by atoms with van der Waals surface area (Å²) in [5.74, 6) is -1.60. The quantitative estimate of drug-likeness (QED) is 0.455. The molecule has 1 N–H and O–H groups in total. The third kappa shape index (κ3) is 4.78. The average molecular weight is 507 g/mol. The number of thiazole rings is 1. The van der Waals surface area contributed by atoms with Crippen LogP contribution in [0.2, 0.25) is 0 Å². The highest BCUT2D eigenvalue weighted by molar-refractivity contribution is 7.09. The number of carboxylic acids is 1. The fourth-order valence-electron chi connectivity index (χ4n) is 5.26. The molecule has 3 aromatic rings. The van der Waals surface area contributed by atoms with Gasteiger partial charge in [-0.05, 0) is 60.9 Å². The van der Waals surface area contributed by atoms with Crippen molar-refractivity contribution in [3.63, 3.8) is 0 Å². The number of hydrogen-bond acceptors (Lipinski definition) is 6. The lowest BCUT2D eigenvalue weighted by Crippen LogP contribution is -2.54. The second-order valence-corrected chi connectivity index (χ2v) is 12.1. The first-order valence-electron chi connectivity index (χ1n) is 12.3. The Bertz CT molecular complexity index is 1220. The van der Waals surface area contributed by atoms with Gasteiger partial charge >= 0.3 is 5.97 Å². The molecule has 0 spiro atoms. The number of benzene rings is 1. The maximum absolute atomic E-state index is 14.2. The lowest BCUT2D eigenvalue weighted by atomic mass is 9.82. The Morgan fingerprint density at radius 3 is 2.33 bits per heavy atom. The highest BCUT2D eigenvalue weighted by Gasteiger charge is 2.60. The molecule has 0 saturated carbocycles. The molecule has 0 bridgehead atoms. The Morgan fingerprint density at radius 1 is 1.14 bits per heavy atom. The first-order valence-corrected chi connectivity index (χ1v) is 13.2. The normalized spacial score (nSPS) is 22.2. The number of likely N-dealkylation sites (tertiary alicyclic amines) is 1. The zero-order chi connectivity index (χ0) is 26.3. The van der Waals surface area contributed by atoms with Gasteiger partial charge in [0.1, 0.15) is 10.5 Å². The van der Waals surface area contributed by atoms with E-state index in [0.717, 1.165) is 11.3 Å². The first-order chi connectivity index (χ1) is 16.9. The number of hydrogen-bond donors (Lipinski definition) is 1. The summed E-state index contributed by atoms with van der Waals surface area (Å²) in [6.07, 6.45) is 2.27. The Hall–Kier alpha value is -3.13. The van der Waals surface area contributed by atoms with Crippen LogP contribution >= 0.6 is 11.3 Å². The summed E-state index contributed by atoms with van der Waals surface area (Å²) >= 11 is 1.43. The van der Waals surface area contributed by atoms with Gasteiger partial charge in [-0.25, -0.2) is 9.78 Å². The molecule has 3 heterocycles. The minimum Gasteiger partial charge on any atom is -0.479 e. The monoisotopic (exact) mass is 506 g/mol. The lowest BCUT2D eigenvalue weighted by Gasteiger charge is -2.38. The predicted molar refractivity (Wildman–Crippen MR) is 140 cm³/mol. The average Bonchev–Trinajstić information content (AvgIpc) is 3.45. The molecule has 1 aromatic carbocycles. The van der Waals surface area contributed by atoms with E-state index in [0.29, 0.717) is 22.7 Å². The van der Waals surface area contributed by atoms with Crippen molar-refractivity contribution in [1.29, 1.82) is 0 Å². The van der Waals surface area contributed by atoms with Crippen LogP contribution in [0.15, 0.2) is 48.0 Å². The van der Waals surface area contributed by atoms with Crippen LogP contribution in [0.5, 0.6) is 0 Å². The van der Waals surface area contributed by atoms with Crippen LogP contribution < -0.4 is 0 Å². The van der Waals surface area contributed by atoms with Crippen molar-refractivity contribution < 1.29 is 14.7 Å². The summed E-state index contributed by atoms with van der Waals surface area (Å²) in [6, 6.07) is 10.7. The molecule has 0 aliphatic carbocycles. The topological polar surface area (TPSA) is 96.3 Å². The predicted octanol–water partition coefficient (Wildman–Crippen LogP) is 5.78. The first kappa shape index (κ1) is 25.9. The van der Waals surface area contributed by atoms with Crippen LogP contribution in [0, 0.1) is 12.8 Å². The minimum atomic E-state index is -1.40. The van der Waals surface area contributed by atoms with Crippen molar-refractivity contribution in [3.05, 3.63) is 75.5 Å². The van der Waals surface area contributed by atoms with Crippen LogP contribution in [-0.4, -0.2) is 42.6 Å². The molecule has 1 amide bonds. The second kappa shape index (κ2) is 9.73. The van der Waals surface area contributed by atoms with Gasteiger partial charge in [0.25, 0.3) is 5.91 Å². The summed E-state index contributed by atoms with van der Waals surface area (Å²) in [5, 5.41) is 21.9. The molecule has 1 saturated heterocycles. The fourth-order valence-corrected chi connectivity index (χ4v) is 6.06. The molecule has 2 aromatic heterocycles. The summed E-state index contributed by atoms with van der Waals surface area (Å²) in [5.41, 5.74) is 1.57. The summed E-state index contributed by atoms with van der Waals surface area (Å²) < 4.78 is 0. The molecule has 7 nitrogen and oxygen atoms in total. The Kier molecular flexibility index (Phi) is 7.01.